The Kier molecular flexibility index (Phi) is 5.36. The predicted molar refractivity (Wildman–Crippen MR) is 64.8 cm³/mol. The van der Waals surface area contributed by atoms with Gasteiger partial charge in [0.25, 0.3) is 0 Å². The van der Waals surface area contributed by atoms with Crippen molar-refractivity contribution >= 4 is 12.0 Å². The van der Waals surface area contributed by atoms with Crippen LogP contribution in [0.4, 0.5) is 4.79 Å². The van der Waals surface area contributed by atoms with E-state index in [4.69, 9.17) is 5.11 Å². The first-order valence-electron chi connectivity index (χ1n) is 6.13. The quantitative estimate of drug-likeness (QED) is 0.553. The molecule has 1 aliphatic rings. The molecule has 0 saturated carbocycles. The number of aliphatic hydroxyl groups is 1. The van der Waals surface area contributed by atoms with E-state index >= 15 is 0 Å². The number of nitrogens with zero attached hydrogens (tertiary/aromatic N) is 1. The van der Waals surface area contributed by atoms with Crippen molar-refractivity contribution in [2.24, 2.45) is 0 Å². The third kappa shape index (κ3) is 5.83. The lowest BCUT2D eigenvalue weighted by Gasteiger charge is -2.28. The lowest BCUT2D eigenvalue weighted by Crippen LogP contribution is -2.52. The van der Waals surface area contributed by atoms with Crippen LogP contribution in [0.15, 0.2) is 0 Å². The smallest absolute Gasteiger partial charge is 0.329 e. The van der Waals surface area contributed by atoms with Crippen LogP contribution in [0.5, 0.6) is 0 Å². The molecule has 4 N–H and O–H groups in total. The highest BCUT2D eigenvalue weighted by molar-refractivity contribution is 5.73. The fourth-order valence-corrected chi connectivity index (χ4v) is 1.85. The molecule has 7 nitrogen and oxygen atoms in total. The summed E-state index contributed by atoms with van der Waals surface area (Å²) < 4.78 is 0. The van der Waals surface area contributed by atoms with Gasteiger partial charge < -0.3 is 15.5 Å². The monoisotopic (exact) mass is 259 g/mol. The van der Waals surface area contributed by atoms with E-state index in [-0.39, 0.29) is 6.54 Å². The van der Waals surface area contributed by atoms with Gasteiger partial charge in [0, 0.05) is 19.6 Å². The average Bonchev–Trinajstić information content (AvgIpc) is 2.26. The Bertz CT molecular complexity index is 301. The summed E-state index contributed by atoms with van der Waals surface area (Å²) >= 11 is 0. The van der Waals surface area contributed by atoms with Gasteiger partial charge in [0.15, 0.2) is 0 Å². The first-order valence-corrected chi connectivity index (χ1v) is 6.13. The maximum atomic E-state index is 11.5. The number of hydrogen-bond donors (Lipinski definition) is 4. The standard InChI is InChI=1S/C11H21N3O4/c1-11(18,7-9(15)16)8-12-10(17)13-14-5-3-2-4-6-14/h18H,2-8H2,1H3,(H,15,16)(H2,12,13,17). The third-order valence-corrected chi connectivity index (χ3v) is 2.78. The van der Waals surface area contributed by atoms with Crippen molar-refractivity contribution in [3.8, 4) is 0 Å². The van der Waals surface area contributed by atoms with Crippen LogP contribution in [0.25, 0.3) is 0 Å². The number of carbonyl (C=O) groups is 2. The Labute approximate surface area is 106 Å². The van der Waals surface area contributed by atoms with Crippen LogP contribution in [0.1, 0.15) is 32.6 Å². The molecular formula is C11H21N3O4. The number of carbonyl (C=O) groups excluding carboxylic acids is 1. The van der Waals surface area contributed by atoms with Crippen molar-refractivity contribution < 1.29 is 19.8 Å². The summed E-state index contributed by atoms with van der Waals surface area (Å²) in [6, 6.07) is -0.414. The molecule has 0 bridgehead atoms. The largest absolute Gasteiger partial charge is 0.481 e. The topological polar surface area (TPSA) is 102 Å². The summed E-state index contributed by atoms with van der Waals surface area (Å²) in [4.78, 5) is 22.0. The fourth-order valence-electron chi connectivity index (χ4n) is 1.85. The van der Waals surface area contributed by atoms with Crippen molar-refractivity contribution in [3.05, 3.63) is 0 Å². The number of urea groups is 1. The van der Waals surface area contributed by atoms with Gasteiger partial charge in [0.2, 0.25) is 0 Å². The molecule has 1 fully saturated rings. The highest BCUT2D eigenvalue weighted by atomic mass is 16.4. The minimum atomic E-state index is -1.44. The Morgan fingerprint density at radius 2 is 1.89 bits per heavy atom. The van der Waals surface area contributed by atoms with Crippen molar-refractivity contribution in [1.29, 1.82) is 0 Å². The third-order valence-electron chi connectivity index (χ3n) is 2.78. The second-order valence-electron chi connectivity index (χ2n) is 4.91. The van der Waals surface area contributed by atoms with Crippen LogP contribution < -0.4 is 10.7 Å². The first-order chi connectivity index (χ1) is 8.39. The van der Waals surface area contributed by atoms with Crippen molar-refractivity contribution in [2.45, 2.75) is 38.2 Å². The fraction of sp³-hybridized carbons (Fsp3) is 0.818. The van der Waals surface area contributed by atoms with Crippen LogP contribution in [0.3, 0.4) is 0 Å². The maximum absolute atomic E-state index is 11.5. The van der Waals surface area contributed by atoms with E-state index in [9.17, 15) is 14.7 Å². The van der Waals surface area contributed by atoms with E-state index in [1.165, 1.54) is 13.3 Å². The molecule has 0 aromatic carbocycles. The van der Waals surface area contributed by atoms with Gasteiger partial charge in [-0.1, -0.05) is 6.42 Å². The van der Waals surface area contributed by atoms with E-state index in [1.54, 1.807) is 0 Å². The zero-order valence-corrected chi connectivity index (χ0v) is 10.6. The lowest BCUT2D eigenvalue weighted by atomic mass is 10.0. The number of piperidine rings is 1. The van der Waals surface area contributed by atoms with Crippen LogP contribution in [0.2, 0.25) is 0 Å². The normalized spacial score (nSPS) is 19.9. The molecular weight excluding hydrogens is 238 g/mol. The van der Waals surface area contributed by atoms with E-state index in [2.05, 4.69) is 10.7 Å². The molecule has 0 aromatic rings. The Morgan fingerprint density at radius 3 is 2.44 bits per heavy atom. The molecule has 1 unspecified atom stereocenters. The minimum Gasteiger partial charge on any atom is -0.481 e. The Balaban J connectivity index is 2.25. The van der Waals surface area contributed by atoms with Gasteiger partial charge in [-0.3, -0.25) is 10.2 Å². The van der Waals surface area contributed by atoms with Gasteiger partial charge >= 0.3 is 12.0 Å². The summed E-state index contributed by atoms with van der Waals surface area (Å²) in [6.07, 6.45) is 2.87. The molecule has 0 aliphatic carbocycles. The van der Waals surface area contributed by atoms with Crippen LogP contribution >= 0.6 is 0 Å². The molecule has 1 atom stereocenters. The maximum Gasteiger partial charge on any atom is 0.329 e. The van der Waals surface area contributed by atoms with Crippen molar-refractivity contribution in [1.82, 2.24) is 15.8 Å². The number of carboxylic acids is 1. The van der Waals surface area contributed by atoms with E-state index < -0.39 is 24.0 Å². The molecule has 1 aliphatic heterocycles. The molecule has 18 heavy (non-hydrogen) atoms. The molecule has 0 radical (unpaired) electrons. The van der Waals surface area contributed by atoms with Gasteiger partial charge in [-0.05, 0) is 19.8 Å². The summed E-state index contributed by atoms with van der Waals surface area (Å²) in [5, 5.41) is 22.6. The Morgan fingerprint density at radius 1 is 1.28 bits per heavy atom. The summed E-state index contributed by atoms with van der Waals surface area (Å²) in [7, 11) is 0. The van der Waals surface area contributed by atoms with Crippen LogP contribution in [0, 0.1) is 0 Å². The molecule has 0 spiro atoms. The van der Waals surface area contributed by atoms with Gasteiger partial charge in [-0.2, -0.15) is 0 Å². The predicted octanol–water partition coefficient (Wildman–Crippen LogP) is -0.0878. The highest BCUT2D eigenvalue weighted by Gasteiger charge is 2.25. The number of hydrazine groups is 1. The first kappa shape index (κ1) is 14.7. The second kappa shape index (κ2) is 6.55. The molecule has 104 valence electrons. The number of aliphatic carboxylic acids is 1. The van der Waals surface area contributed by atoms with Crippen molar-refractivity contribution in [3.63, 3.8) is 0 Å². The van der Waals surface area contributed by atoms with E-state index in [1.807, 2.05) is 5.01 Å². The number of rotatable bonds is 5. The van der Waals surface area contributed by atoms with Gasteiger partial charge in [-0.15, -0.1) is 0 Å². The summed E-state index contributed by atoms with van der Waals surface area (Å²) in [6.45, 7) is 2.92. The van der Waals surface area contributed by atoms with Gasteiger partial charge in [0.1, 0.15) is 0 Å². The van der Waals surface area contributed by atoms with Gasteiger partial charge in [-0.25, -0.2) is 9.80 Å². The molecule has 1 rings (SSSR count). The number of carboxylic acid groups (broad SMARTS) is 1. The van der Waals surface area contributed by atoms with Crippen LogP contribution in [-0.2, 0) is 4.79 Å². The lowest BCUT2D eigenvalue weighted by molar-refractivity contribution is -0.141. The zero-order valence-electron chi connectivity index (χ0n) is 10.6. The molecule has 1 saturated heterocycles. The molecule has 0 aromatic heterocycles. The Hall–Kier alpha value is -1.34. The van der Waals surface area contributed by atoms with E-state index in [0.717, 1.165) is 25.9 Å². The highest BCUT2D eigenvalue weighted by Crippen LogP contribution is 2.08. The SMILES string of the molecule is CC(O)(CNC(=O)NN1CCCCC1)CC(=O)O. The van der Waals surface area contributed by atoms with Crippen molar-refractivity contribution in [2.75, 3.05) is 19.6 Å². The average molecular weight is 259 g/mol. The minimum absolute atomic E-state index is 0.0982. The number of hydrogen-bond acceptors (Lipinski definition) is 4. The number of nitrogens with one attached hydrogen (secondary N) is 2. The molecule has 1 heterocycles. The summed E-state index contributed by atoms with van der Waals surface area (Å²) in [5.41, 5.74) is 1.23. The second-order valence-corrected chi connectivity index (χ2v) is 4.91. The van der Waals surface area contributed by atoms with Gasteiger partial charge in [0.05, 0.1) is 12.0 Å². The van der Waals surface area contributed by atoms with Crippen LogP contribution in [-0.4, -0.2) is 52.5 Å². The number of amides is 2. The van der Waals surface area contributed by atoms with E-state index in [0.29, 0.717) is 0 Å². The summed E-state index contributed by atoms with van der Waals surface area (Å²) in [5.74, 6) is -1.10. The molecule has 2 amide bonds. The molecule has 7 heteroatoms. The zero-order chi connectivity index (χ0) is 13.6.